The molecule has 0 amide bonds. The normalized spacial score (nSPS) is 16.2. The Balaban J connectivity index is 1.57. The number of benzene rings is 1. The van der Waals surface area contributed by atoms with Gasteiger partial charge in [-0.2, -0.15) is 0 Å². The molecule has 1 fully saturated rings. The summed E-state index contributed by atoms with van der Waals surface area (Å²) in [5, 5.41) is 5.84. The predicted octanol–water partition coefficient (Wildman–Crippen LogP) is 3.02. The van der Waals surface area contributed by atoms with Crippen LogP contribution in [0.15, 0.2) is 24.4 Å². The lowest BCUT2D eigenvalue weighted by Gasteiger charge is -2.32. The maximum atomic E-state index is 15.2. The second-order valence-corrected chi connectivity index (χ2v) is 6.81. The number of anilines is 4. The minimum absolute atomic E-state index is 0.0136. The third-order valence-corrected chi connectivity index (χ3v) is 4.92. The van der Waals surface area contributed by atoms with Gasteiger partial charge in [0.05, 0.1) is 16.9 Å². The number of nitrogens with one attached hydrogen (secondary N) is 2. The van der Waals surface area contributed by atoms with E-state index in [1.54, 1.807) is 18.3 Å². The molecule has 1 aliphatic carbocycles. The van der Waals surface area contributed by atoms with Crippen LogP contribution in [0.3, 0.4) is 0 Å². The summed E-state index contributed by atoms with van der Waals surface area (Å²) >= 11 is 0. The number of ketones is 1. The van der Waals surface area contributed by atoms with E-state index < -0.39 is 11.6 Å². The number of rotatable bonds is 6. The molecule has 2 aromatic rings. The van der Waals surface area contributed by atoms with Gasteiger partial charge in [0.2, 0.25) is 0 Å². The van der Waals surface area contributed by atoms with Gasteiger partial charge in [0.25, 0.3) is 0 Å². The Hall–Kier alpha value is -2.90. The number of hydrogen-bond donors (Lipinski definition) is 3. The summed E-state index contributed by atoms with van der Waals surface area (Å²) in [4.78, 5) is 18.2. The molecule has 0 spiro atoms. The number of fused-ring (bicyclic) bond motifs is 1. The quantitative estimate of drug-likeness (QED) is 0.533. The van der Waals surface area contributed by atoms with Crippen molar-refractivity contribution < 1.29 is 13.6 Å². The summed E-state index contributed by atoms with van der Waals surface area (Å²) in [5.41, 5.74) is 5.46. The van der Waals surface area contributed by atoms with E-state index in [-0.39, 0.29) is 47.4 Å². The van der Waals surface area contributed by atoms with Gasteiger partial charge in [-0.3, -0.25) is 4.79 Å². The lowest BCUT2D eigenvalue weighted by Crippen LogP contribution is -2.36. The van der Waals surface area contributed by atoms with Gasteiger partial charge in [-0.25, -0.2) is 13.8 Å². The van der Waals surface area contributed by atoms with Crippen molar-refractivity contribution in [1.29, 1.82) is 0 Å². The van der Waals surface area contributed by atoms with Gasteiger partial charge in [0.1, 0.15) is 11.5 Å². The van der Waals surface area contributed by atoms with Crippen molar-refractivity contribution in [2.24, 2.45) is 0 Å². The van der Waals surface area contributed by atoms with Gasteiger partial charge < -0.3 is 21.3 Å². The van der Waals surface area contributed by atoms with Crippen LogP contribution < -0.4 is 21.3 Å². The number of carbonyl (C=O) groups is 1. The van der Waals surface area contributed by atoms with E-state index in [2.05, 4.69) is 15.6 Å². The molecular formula is C19H21F2N5O. The van der Waals surface area contributed by atoms with Crippen LogP contribution in [-0.2, 0) is 0 Å². The van der Waals surface area contributed by atoms with Crippen LogP contribution in [0.2, 0.25) is 0 Å². The van der Waals surface area contributed by atoms with Gasteiger partial charge in [-0.1, -0.05) is 6.07 Å². The van der Waals surface area contributed by atoms with E-state index in [0.717, 1.165) is 12.8 Å². The van der Waals surface area contributed by atoms with Crippen molar-refractivity contribution in [2.75, 3.05) is 40.9 Å². The molecule has 1 aromatic carbocycles. The molecule has 4 N–H and O–H groups in total. The summed E-state index contributed by atoms with van der Waals surface area (Å²) in [6, 6.07) is 5.65. The standard InChI is InChI=1S/C19H21F2N5O/c20-15-17(22)14-12(27)6-10-26(11-4-5-11)19(14)16(21)18(15)25-9-8-24-13-3-1-2-7-23-13/h1-3,7,11,25H,4-6,8-10,22H2,(H,23,24). The molecule has 1 saturated carbocycles. The van der Waals surface area contributed by atoms with Crippen LogP contribution in [-0.4, -0.2) is 36.4 Å². The molecule has 0 unspecified atom stereocenters. The highest BCUT2D eigenvalue weighted by atomic mass is 19.1. The largest absolute Gasteiger partial charge is 0.396 e. The van der Waals surface area contributed by atoms with E-state index in [9.17, 15) is 9.18 Å². The zero-order valence-electron chi connectivity index (χ0n) is 14.8. The molecule has 2 aliphatic rings. The first-order chi connectivity index (χ1) is 13.1. The lowest BCUT2D eigenvalue weighted by atomic mass is 9.96. The maximum absolute atomic E-state index is 15.2. The smallest absolute Gasteiger partial charge is 0.173 e. The number of nitrogen functional groups attached to an aromatic ring is 1. The molecular weight excluding hydrogens is 352 g/mol. The Morgan fingerprint density at radius 1 is 1.19 bits per heavy atom. The van der Waals surface area contributed by atoms with Crippen LogP contribution in [0.4, 0.5) is 31.7 Å². The Morgan fingerprint density at radius 2 is 1.96 bits per heavy atom. The van der Waals surface area contributed by atoms with Gasteiger partial charge in [0, 0.05) is 38.3 Å². The zero-order valence-corrected chi connectivity index (χ0v) is 14.8. The van der Waals surface area contributed by atoms with Gasteiger partial charge in [-0.05, 0) is 25.0 Å². The Kier molecular flexibility index (Phi) is 4.55. The van der Waals surface area contributed by atoms with Crippen molar-refractivity contribution in [3.63, 3.8) is 0 Å². The first kappa shape index (κ1) is 17.5. The minimum atomic E-state index is -0.907. The third kappa shape index (κ3) is 3.27. The average Bonchev–Trinajstić information content (AvgIpc) is 3.51. The Labute approximate surface area is 155 Å². The molecule has 8 heteroatoms. The van der Waals surface area contributed by atoms with E-state index in [1.165, 1.54) is 0 Å². The van der Waals surface area contributed by atoms with Crippen molar-refractivity contribution in [2.45, 2.75) is 25.3 Å². The highest BCUT2D eigenvalue weighted by molar-refractivity contribution is 6.09. The van der Waals surface area contributed by atoms with Crippen molar-refractivity contribution in [3.05, 3.63) is 41.6 Å². The van der Waals surface area contributed by atoms with Gasteiger partial charge in [-0.15, -0.1) is 0 Å². The fourth-order valence-corrected chi connectivity index (χ4v) is 3.46. The summed E-state index contributed by atoms with van der Waals surface area (Å²) in [5.74, 6) is -1.28. The van der Waals surface area contributed by atoms with Crippen molar-refractivity contribution in [3.8, 4) is 0 Å². The number of nitrogens with zero attached hydrogens (tertiary/aromatic N) is 2. The molecule has 0 saturated heterocycles. The van der Waals surface area contributed by atoms with Crippen molar-refractivity contribution in [1.82, 2.24) is 4.98 Å². The highest BCUT2D eigenvalue weighted by Gasteiger charge is 2.39. The van der Waals surface area contributed by atoms with Crippen LogP contribution in [0.25, 0.3) is 0 Å². The van der Waals surface area contributed by atoms with Crippen molar-refractivity contribution >= 4 is 28.7 Å². The van der Waals surface area contributed by atoms with Crippen LogP contribution in [0.1, 0.15) is 29.6 Å². The molecule has 4 rings (SSSR count). The number of hydrogen-bond acceptors (Lipinski definition) is 6. The number of aromatic nitrogens is 1. The molecule has 0 atom stereocenters. The molecule has 2 heterocycles. The monoisotopic (exact) mass is 373 g/mol. The fourth-order valence-electron chi connectivity index (χ4n) is 3.46. The fraction of sp³-hybridized carbons (Fsp3) is 0.368. The maximum Gasteiger partial charge on any atom is 0.173 e. The lowest BCUT2D eigenvalue weighted by molar-refractivity contribution is 0.0979. The topological polar surface area (TPSA) is 83.3 Å². The molecule has 0 radical (unpaired) electrons. The highest BCUT2D eigenvalue weighted by Crippen LogP contribution is 2.44. The summed E-state index contributed by atoms with van der Waals surface area (Å²) in [7, 11) is 0. The van der Waals surface area contributed by atoms with Crippen LogP contribution in [0.5, 0.6) is 0 Å². The summed E-state index contributed by atoms with van der Waals surface area (Å²) < 4.78 is 29.9. The second kappa shape index (κ2) is 7.02. The van der Waals surface area contributed by atoms with E-state index in [0.29, 0.717) is 18.9 Å². The minimum Gasteiger partial charge on any atom is -0.396 e. The number of pyridine rings is 1. The predicted molar refractivity (Wildman–Crippen MR) is 101 cm³/mol. The molecule has 6 nitrogen and oxygen atoms in total. The number of halogens is 2. The Morgan fingerprint density at radius 3 is 2.67 bits per heavy atom. The number of carbonyl (C=O) groups excluding carboxylic acids is 1. The van der Waals surface area contributed by atoms with E-state index in [4.69, 9.17) is 5.73 Å². The van der Waals surface area contributed by atoms with Gasteiger partial charge >= 0.3 is 0 Å². The van der Waals surface area contributed by atoms with E-state index >= 15 is 4.39 Å². The van der Waals surface area contributed by atoms with Crippen LogP contribution >= 0.6 is 0 Å². The van der Waals surface area contributed by atoms with E-state index in [1.807, 2.05) is 11.0 Å². The third-order valence-electron chi connectivity index (χ3n) is 4.92. The number of Topliss-reactive ketones (excluding diaryl/α,β-unsaturated/α-hetero) is 1. The summed E-state index contributed by atoms with van der Waals surface area (Å²) in [6.07, 6.45) is 3.78. The molecule has 0 bridgehead atoms. The zero-order chi connectivity index (χ0) is 19.0. The number of nitrogens with two attached hydrogens (primary N) is 1. The Bertz CT molecular complexity index is 870. The molecule has 27 heavy (non-hydrogen) atoms. The summed E-state index contributed by atoms with van der Waals surface area (Å²) in [6.45, 7) is 1.12. The first-order valence-corrected chi connectivity index (χ1v) is 9.07. The van der Waals surface area contributed by atoms with Gasteiger partial charge in [0.15, 0.2) is 17.4 Å². The first-order valence-electron chi connectivity index (χ1n) is 9.07. The average molecular weight is 373 g/mol. The SMILES string of the molecule is Nc1c(F)c(NCCNc2ccccn2)c(F)c2c1C(=O)CCN2C1CC1. The second-order valence-electron chi connectivity index (χ2n) is 6.81. The molecule has 142 valence electrons. The van der Waals surface area contributed by atoms with Crippen LogP contribution in [0, 0.1) is 11.6 Å². The molecule has 1 aliphatic heterocycles. The molecule has 1 aromatic heterocycles.